The van der Waals surface area contributed by atoms with Gasteiger partial charge in [-0.2, -0.15) is 0 Å². The molecule has 0 saturated heterocycles. The predicted molar refractivity (Wildman–Crippen MR) is 49.6 cm³/mol. The van der Waals surface area contributed by atoms with Crippen molar-refractivity contribution in [3.63, 3.8) is 0 Å². The molecule has 2 atom stereocenters. The lowest BCUT2D eigenvalue weighted by atomic mass is 9.80. The molecule has 1 aliphatic rings. The summed E-state index contributed by atoms with van der Waals surface area (Å²) in [6, 6.07) is 0. The van der Waals surface area contributed by atoms with Gasteiger partial charge in [0.05, 0.1) is 0 Å². The summed E-state index contributed by atoms with van der Waals surface area (Å²) in [5.41, 5.74) is 0. The van der Waals surface area contributed by atoms with E-state index < -0.39 is 0 Å². The molecule has 1 fully saturated rings. The van der Waals surface area contributed by atoms with Gasteiger partial charge in [-0.15, -0.1) is 11.8 Å². The Morgan fingerprint density at radius 1 is 1.50 bits per heavy atom. The highest BCUT2D eigenvalue weighted by Gasteiger charge is 2.26. The fraction of sp³-hybridized carbons (Fsp3) is 0.727. The summed E-state index contributed by atoms with van der Waals surface area (Å²) >= 11 is 0. The van der Waals surface area contributed by atoms with Crippen LogP contribution in [0, 0.1) is 23.7 Å². The van der Waals surface area contributed by atoms with Gasteiger partial charge in [0.1, 0.15) is 5.78 Å². The number of rotatable bonds is 1. The van der Waals surface area contributed by atoms with Crippen LogP contribution in [0.4, 0.5) is 0 Å². The van der Waals surface area contributed by atoms with Gasteiger partial charge in [0.25, 0.3) is 0 Å². The molecule has 0 heterocycles. The van der Waals surface area contributed by atoms with Gasteiger partial charge in [-0.1, -0.05) is 13.3 Å². The smallest absolute Gasteiger partial charge is 0.139 e. The molecule has 0 N–H and O–H groups in total. The molecule has 0 spiro atoms. The highest BCUT2D eigenvalue weighted by Crippen LogP contribution is 2.27. The van der Waals surface area contributed by atoms with Gasteiger partial charge >= 0.3 is 0 Å². The maximum absolute atomic E-state index is 11.6. The fourth-order valence-corrected chi connectivity index (χ4v) is 1.79. The van der Waals surface area contributed by atoms with E-state index in [0.717, 1.165) is 19.3 Å². The Kier molecular flexibility index (Phi) is 3.34. The molecule has 1 nitrogen and oxygen atoms in total. The second kappa shape index (κ2) is 4.30. The Balaban J connectivity index is 2.50. The topological polar surface area (TPSA) is 17.1 Å². The molecular formula is C11H16O. The molecule has 0 unspecified atom stereocenters. The number of carbonyl (C=O) groups is 1. The highest BCUT2D eigenvalue weighted by molar-refractivity contribution is 5.84. The van der Waals surface area contributed by atoms with Gasteiger partial charge in [0, 0.05) is 18.3 Å². The quantitative estimate of drug-likeness (QED) is 0.544. The second-order valence-corrected chi connectivity index (χ2v) is 3.56. The number of Topliss-reactive ketones (excluding diaryl/α,β-unsaturated/α-hetero) is 1. The Hall–Kier alpha value is -0.770. The van der Waals surface area contributed by atoms with Crippen molar-refractivity contribution in [2.75, 3.05) is 0 Å². The summed E-state index contributed by atoms with van der Waals surface area (Å²) < 4.78 is 0. The van der Waals surface area contributed by atoms with E-state index in [-0.39, 0.29) is 11.8 Å². The SMILES string of the molecule is CC#CC[C@@H]1CCC[C@H](C)C1=O. The highest BCUT2D eigenvalue weighted by atomic mass is 16.1. The lowest BCUT2D eigenvalue weighted by Crippen LogP contribution is -2.26. The first-order chi connectivity index (χ1) is 5.75. The fourth-order valence-electron chi connectivity index (χ4n) is 1.79. The molecule has 1 saturated carbocycles. The first-order valence-electron chi connectivity index (χ1n) is 4.69. The van der Waals surface area contributed by atoms with E-state index in [9.17, 15) is 4.79 Å². The summed E-state index contributed by atoms with van der Waals surface area (Å²) in [7, 11) is 0. The Morgan fingerprint density at radius 3 is 2.92 bits per heavy atom. The molecule has 0 aromatic rings. The van der Waals surface area contributed by atoms with Crippen LogP contribution in [0.25, 0.3) is 0 Å². The van der Waals surface area contributed by atoms with Crippen LogP contribution in [0.5, 0.6) is 0 Å². The Bertz CT molecular complexity index is 219. The zero-order valence-electron chi connectivity index (χ0n) is 7.89. The molecule has 0 bridgehead atoms. The van der Waals surface area contributed by atoms with E-state index in [2.05, 4.69) is 11.8 Å². The lowest BCUT2D eigenvalue weighted by Gasteiger charge is -2.23. The van der Waals surface area contributed by atoms with Crippen molar-refractivity contribution in [3.8, 4) is 11.8 Å². The maximum Gasteiger partial charge on any atom is 0.139 e. The van der Waals surface area contributed by atoms with Crippen molar-refractivity contribution in [1.82, 2.24) is 0 Å². The number of hydrogen-bond donors (Lipinski definition) is 0. The largest absolute Gasteiger partial charge is 0.299 e. The van der Waals surface area contributed by atoms with Crippen LogP contribution < -0.4 is 0 Å². The van der Waals surface area contributed by atoms with Gasteiger partial charge in [-0.3, -0.25) is 4.79 Å². The third-order valence-corrected chi connectivity index (χ3v) is 2.60. The van der Waals surface area contributed by atoms with Crippen LogP contribution >= 0.6 is 0 Å². The van der Waals surface area contributed by atoms with Crippen molar-refractivity contribution in [2.24, 2.45) is 11.8 Å². The normalized spacial score (nSPS) is 29.3. The van der Waals surface area contributed by atoms with Crippen LogP contribution in [0.1, 0.15) is 39.5 Å². The number of hydrogen-bond acceptors (Lipinski definition) is 1. The average Bonchev–Trinajstić information content (AvgIpc) is 2.08. The van der Waals surface area contributed by atoms with Gasteiger partial charge in [-0.05, 0) is 19.8 Å². The van der Waals surface area contributed by atoms with Crippen molar-refractivity contribution in [2.45, 2.75) is 39.5 Å². The summed E-state index contributed by atoms with van der Waals surface area (Å²) in [5, 5.41) is 0. The molecule has 1 heteroatoms. The van der Waals surface area contributed by atoms with E-state index in [1.807, 2.05) is 13.8 Å². The van der Waals surface area contributed by atoms with Crippen LogP contribution in [0.3, 0.4) is 0 Å². The zero-order chi connectivity index (χ0) is 8.97. The molecule has 1 rings (SSSR count). The first kappa shape index (κ1) is 9.32. The third-order valence-electron chi connectivity index (χ3n) is 2.60. The Labute approximate surface area is 74.5 Å². The molecule has 1 aliphatic carbocycles. The first-order valence-corrected chi connectivity index (χ1v) is 4.69. The van der Waals surface area contributed by atoms with Crippen LogP contribution in [0.15, 0.2) is 0 Å². The predicted octanol–water partition coefficient (Wildman–Crippen LogP) is 2.41. The van der Waals surface area contributed by atoms with E-state index in [0.29, 0.717) is 5.78 Å². The third kappa shape index (κ3) is 2.11. The maximum atomic E-state index is 11.6. The molecule has 0 amide bonds. The molecule has 0 aromatic carbocycles. The average molecular weight is 164 g/mol. The summed E-state index contributed by atoms with van der Waals surface area (Å²) in [6.07, 6.45) is 4.11. The minimum Gasteiger partial charge on any atom is -0.299 e. The van der Waals surface area contributed by atoms with E-state index in [1.54, 1.807) is 0 Å². The summed E-state index contributed by atoms with van der Waals surface area (Å²) in [6.45, 7) is 3.87. The van der Waals surface area contributed by atoms with Crippen molar-refractivity contribution in [1.29, 1.82) is 0 Å². The zero-order valence-corrected chi connectivity index (χ0v) is 7.89. The molecule has 12 heavy (non-hydrogen) atoms. The second-order valence-electron chi connectivity index (χ2n) is 3.56. The minimum absolute atomic E-state index is 0.237. The van der Waals surface area contributed by atoms with Crippen LogP contribution in [0.2, 0.25) is 0 Å². The van der Waals surface area contributed by atoms with Crippen LogP contribution in [-0.4, -0.2) is 5.78 Å². The number of ketones is 1. The van der Waals surface area contributed by atoms with Crippen molar-refractivity contribution < 1.29 is 4.79 Å². The van der Waals surface area contributed by atoms with E-state index in [4.69, 9.17) is 0 Å². The molecule has 0 aromatic heterocycles. The van der Waals surface area contributed by atoms with Gasteiger partial charge in [0.15, 0.2) is 0 Å². The monoisotopic (exact) mass is 164 g/mol. The lowest BCUT2D eigenvalue weighted by molar-refractivity contribution is -0.128. The van der Waals surface area contributed by atoms with Crippen molar-refractivity contribution in [3.05, 3.63) is 0 Å². The van der Waals surface area contributed by atoms with E-state index in [1.165, 1.54) is 6.42 Å². The molecule has 0 aliphatic heterocycles. The summed E-state index contributed by atoms with van der Waals surface area (Å²) in [5.74, 6) is 6.80. The Morgan fingerprint density at radius 2 is 2.25 bits per heavy atom. The van der Waals surface area contributed by atoms with E-state index >= 15 is 0 Å². The molecular weight excluding hydrogens is 148 g/mol. The van der Waals surface area contributed by atoms with Gasteiger partial charge < -0.3 is 0 Å². The minimum atomic E-state index is 0.237. The molecule has 0 radical (unpaired) electrons. The number of carbonyl (C=O) groups excluding carboxylic acids is 1. The van der Waals surface area contributed by atoms with Crippen LogP contribution in [-0.2, 0) is 4.79 Å². The van der Waals surface area contributed by atoms with Gasteiger partial charge in [-0.25, -0.2) is 0 Å². The van der Waals surface area contributed by atoms with Gasteiger partial charge in [0.2, 0.25) is 0 Å². The summed E-state index contributed by atoms with van der Waals surface area (Å²) in [4.78, 5) is 11.6. The standard InChI is InChI=1S/C11H16O/c1-3-4-7-10-8-5-6-9(2)11(10)12/h9-10H,5-8H2,1-2H3/t9-,10+/m0/s1. The van der Waals surface area contributed by atoms with Crippen molar-refractivity contribution >= 4 is 5.78 Å². The molecule has 66 valence electrons.